The van der Waals surface area contributed by atoms with Gasteiger partial charge in [0.1, 0.15) is 6.10 Å². The summed E-state index contributed by atoms with van der Waals surface area (Å²) in [6, 6.07) is 9.80. The van der Waals surface area contributed by atoms with E-state index in [9.17, 15) is 4.79 Å². The molecule has 14 heavy (non-hydrogen) atoms. The van der Waals surface area contributed by atoms with E-state index < -0.39 is 5.60 Å². The topological polar surface area (TPSA) is 38.8 Å². The highest BCUT2D eigenvalue weighted by Crippen LogP contribution is 2.54. The molecule has 2 saturated heterocycles. The molecule has 0 aliphatic carbocycles. The summed E-state index contributed by atoms with van der Waals surface area (Å²) in [5, 5.41) is 0. The van der Waals surface area contributed by atoms with Gasteiger partial charge in [-0.15, -0.1) is 0 Å². The van der Waals surface area contributed by atoms with E-state index in [0.29, 0.717) is 13.0 Å². The van der Waals surface area contributed by atoms with Crippen LogP contribution in [0.2, 0.25) is 0 Å². The molecule has 1 spiro atoms. The zero-order valence-electron chi connectivity index (χ0n) is 7.60. The van der Waals surface area contributed by atoms with E-state index in [-0.39, 0.29) is 12.1 Å². The first kappa shape index (κ1) is 8.00. The minimum Gasteiger partial charge on any atom is -0.463 e. The monoisotopic (exact) mass is 190 g/mol. The van der Waals surface area contributed by atoms with Gasteiger partial charge in [0.2, 0.25) is 0 Å². The van der Waals surface area contributed by atoms with Gasteiger partial charge in [-0.3, -0.25) is 0 Å². The van der Waals surface area contributed by atoms with Crippen LogP contribution in [-0.4, -0.2) is 18.2 Å². The molecule has 2 atom stereocenters. The van der Waals surface area contributed by atoms with Gasteiger partial charge in [0.05, 0.1) is 6.61 Å². The molecule has 3 rings (SSSR count). The number of carbonyl (C=O) groups is 1. The van der Waals surface area contributed by atoms with Crippen molar-refractivity contribution >= 4 is 5.97 Å². The van der Waals surface area contributed by atoms with Gasteiger partial charge in [0.15, 0.2) is 5.60 Å². The maximum Gasteiger partial charge on any atom is 0.341 e. The largest absolute Gasteiger partial charge is 0.463 e. The summed E-state index contributed by atoms with van der Waals surface area (Å²) in [7, 11) is 0. The number of esters is 1. The normalized spacial score (nSPS) is 34.6. The van der Waals surface area contributed by atoms with Crippen molar-refractivity contribution in [3.8, 4) is 0 Å². The number of hydrogen-bond donors (Lipinski definition) is 0. The predicted molar refractivity (Wildman–Crippen MR) is 48.6 cm³/mol. The van der Waals surface area contributed by atoms with Crippen molar-refractivity contribution < 1.29 is 14.3 Å². The lowest BCUT2D eigenvalue weighted by atomic mass is 9.98. The Bertz CT molecular complexity index is 373. The van der Waals surface area contributed by atoms with Crippen molar-refractivity contribution in [2.75, 3.05) is 6.61 Å². The van der Waals surface area contributed by atoms with Crippen LogP contribution in [0.1, 0.15) is 18.1 Å². The molecule has 2 aliphatic heterocycles. The van der Waals surface area contributed by atoms with Gasteiger partial charge in [-0.1, -0.05) is 30.3 Å². The van der Waals surface area contributed by atoms with Crippen molar-refractivity contribution in [3.63, 3.8) is 0 Å². The first-order valence-electron chi connectivity index (χ1n) is 4.73. The van der Waals surface area contributed by atoms with Crippen LogP contribution < -0.4 is 0 Å². The first-order chi connectivity index (χ1) is 6.83. The van der Waals surface area contributed by atoms with E-state index in [0.717, 1.165) is 5.56 Å². The molecule has 0 bridgehead atoms. The molecule has 1 aromatic rings. The van der Waals surface area contributed by atoms with Crippen molar-refractivity contribution in [1.29, 1.82) is 0 Å². The Balaban J connectivity index is 1.89. The van der Waals surface area contributed by atoms with Crippen LogP contribution in [0.4, 0.5) is 0 Å². The molecule has 0 N–H and O–H groups in total. The molecule has 2 fully saturated rings. The molecule has 2 aliphatic rings. The molecular formula is C11H10O3. The van der Waals surface area contributed by atoms with Crippen LogP contribution in [0.15, 0.2) is 30.3 Å². The third-order valence-electron chi connectivity index (χ3n) is 2.85. The molecule has 2 heterocycles. The Hall–Kier alpha value is -1.35. The molecule has 72 valence electrons. The van der Waals surface area contributed by atoms with Crippen LogP contribution in [0.3, 0.4) is 0 Å². The lowest BCUT2D eigenvalue weighted by Gasteiger charge is -1.97. The lowest BCUT2D eigenvalue weighted by Crippen LogP contribution is -2.18. The Morgan fingerprint density at radius 2 is 2.07 bits per heavy atom. The van der Waals surface area contributed by atoms with Crippen molar-refractivity contribution in [3.05, 3.63) is 35.9 Å². The van der Waals surface area contributed by atoms with Gasteiger partial charge in [-0.05, 0) is 5.56 Å². The minimum atomic E-state index is -0.638. The van der Waals surface area contributed by atoms with Crippen molar-refractivity contribution in [2.24, 2.45) is 0 Å². The number of carbonyl (C=O) groups excluding carboxylic acids is 1. The first-order valence-corrected chi connectivity index (χ1v) is 4.73. The number of cyclic esters (lactones) is 1. The average molecular weight is 190 g/mol. The highest BCUT2D eigenvalue weighted by Gasteiger charge is 2.66. The van der Waals surface area contributed by atoms with Gasteiger partial charge >= 0.3 is 5.97 Å². The summed E-state index contributed by atoms with van der Waals surface area (Å²) in [5.74, 6) is -0.202. The molecule has 0 saturated carbocycles. The fourth-order valence-corrected chi connectivity index (χ4v) is 2.01. The molecule has 1 aromatic carbocycles. The van der Waals surface area contributed by atoms with E-state index in [1.54, 1.807) is 0 Å². The molecule has 0 unspecified atom stereocenters. The van der Waals surface area contributed by atoms with Crippen LogP contribution in [0, 0.1) is 0 Å². The van der Waals surface area contributed by atoms with Gasteiger partial charge in [0.25, 0.3) is 0 Å². The standard InChI is InChI=1S/C11H10O3/c12-10-11(6-7-13-10)9(14-11)8-4-2-1-3-5-8/h1-5,9H,6-7H2/t9-,11-/m0/s1. The molecule has 0 aromatic heterocycles. The molecule has 0 radical (unpaired) electrons. The zero-order valence-corrected chi connectivity index (χ0v) is 7.60. The van der Waals surface area contributed by atoms with Gasteiger partial charge in [-0.25, -0.2) is 4.79 Å². The maximum absolute atomic E-state index is 11.4. The van der Waals surface area contributed by atoms with E-state index >= 15 is 0 Å². The van der Waals surface area contributed by atoms with Crippen molar-refractivity contribution in [1.82, 2.24) is 0 Å². The summed E-state index contributed by atoms with van der Waals surface area (Å²) >= 11 is 0. The Kier molecular flexibility index (Phi) is 1.47. The highest BCUT2D eigenvalue weighted by atomic mass is 16.7. The molecule has 3 nitrogen and oxygen atoms in total. The Morgan fingerprint density at radius 3 is 2.71 bits per heavy atom. The molecule has 0 amide bonds. The second-order valence-electron chi connectivity index (χ2n) is 3.68. The smallest absolute Gasteiger partial charge is 0.341 e. The molecular weight excluding hydrogens is 180 g/mol. The fourth-order valence-electron chi connectivity index (χ4n) is 2.01. The summed E-state index contributed by atoms with van der Waals surface area (Å²) in [4.78, 5) is 11.4. The summed E-state index contributed by atoms with van der Waals surface area (Å²) in [6.07, 6.45) is 0.601. The SMILES string of the molecule is O=C1OCC[C@@]12O[C@H]2c1ccccc1. The van der Waals surface area contributed by atoms with Crippen LogP contribution >= 0.6 is 0 Å². The van der Waals surface area contributed by atoms with E-state index in [1.165, 1.54) is 0 Å². The van der Waals surface area contributed by atoms with Crippen molar-refractivity contribution in [2.45, 2.75) is 18.1 Å². The number of benzene rings is 1. The maximum atomic E-state index is 11.4. The third-order valence-corrected chi connectivity index (χ3v) is 2.85. The van der Waals surface area contributed by atoms with Gasteiger partial charge in [0, 0.05) is 6.42 Å². The summed E-state index contributed by atoms with van der Waals surface area (Å²) < 4.78 is 10.4. The van der Waals surface area contributed by atoms with E-state index in [1.807, 2.05) is 30.3 Å². The minimum absolute atomic E-state index is 0.0845. The lowest BCUT2D eigenvalue weighted by molar-refractivity contribution is -0.142. The highest BCUT2D eigenvalue weighted by molar-refractivity contribution is 5.85. The Labute approximate surface area is 81.6 Å². The fraction of sp³-hybridized carbons (Fsp3) is 0.364. The second kappa shape index (κ2) is 2.58. The quantitative estimate of drug-likeness (QED) is 0.497. The number of hydrogen-bond acceptors (Lipinski definition) is 3. The Morgan fingerprint density at radius 1 is 1.29 bits per heavy atom. The van der Waals surface area contributed by atoms with Crippen LogP contribution in [-0.2, 0) is 14.3 Å². The predicted octanol–water partition coefficient (Wildman–Crippen LogP) is 1.44. The summed E-state index contributed by atoms with van der Waals surface area (Å²) in [6.45, 7) is 0.488. The molecule has 3 heteroatoms. The van der Waals surface area contributed by atoms with E-state index in [2.05, 4.69) is 0 Å². The third kappa shape index (κ3) is 0.930. The number of rotatable bonds is 1. The van der Waals surface area contributed by atoms with Gasteiger partial charge < -0.3 is 9.47 Å². The number of epoxide rings is 1. The number of ether oxygens (including phenoxy) is 2. The summed E-state index contributed by atoms with van der Waals surface area (Å²) in [5.41, 5.74) is 0.424. The zero-order chi connectivity index (χ0) is 9.60. The second-order valence-corrected chi connectivity index (χ2v) is 3.68. The average Bonchev–Trinajstić information content (AvgIpc) is 2.84. The van der Waals surface area contributed by atoms with Gasteiger partial charge in [-0.2, -0.15) is 0 Å². The van der Waals surface area contributed by atoms with Crippen LogP contribution in [0.25, 0.3) is 0 Å². The van der Waals surface area contributed by atoms with Crippen LogP contribution in [0.5, 0.6) is 0 Å². The van der Waals surface area contributed by atoms with E-state index in [4.69, 9.17) is 9.47 Å².